The van der Waals surface area contributed by atoms with Crippen LogP contribution in [0.25, 0.3) is 0 Å². The molecular formula is C15H19F3N2O. The Bertz CT molecular complexity index is 491. The van der Waals surface area contributed by atoms with Gasteiger partial charge in [0.25, 0.3) is 0 Å². The first kappa shape index (κ1) is 15.8. The third-order valence-electron chi connectivity index (χ3n) is 3.97. The van der Waals surface area contributed by atoms with Crippen LogP contribution < -0.4 is 5.73 Å². The van der Waals surface area contributed by atoms with Crippen molar-refractivity contribution in [2.24, 2.45) is 11.7 Å². The molecule has 1 unspecified atom stereocenters. The number of carbonyl (C=O) groups excluding carboxylic acids is 1. The number of piperidine rings is 1. The number of aryl methyl sites for hydroxylation is 1. The van der Waals surface area contributed by atoms with Crippen molar-refractivity contribution in [1.82, 2.24) is 4.90 Å². The second-order valence-corrected chi connectivity index (χ2v) is 5.53. The highest BCUT2D eigenvalue weighted by atomic mass is 19.4. The van der Waals surface area contributed by atoms with Crippen LogP contribution in [0.2, 0.25) is 0 Å². The predicted octanol–water partition coefficient (Wildman–Crippen LogP) is 2.80. The zero-order chi connectivity index (χ0) is 15.6. The number of carbonyl (C=O) groups is 1. The van der Waals surface area contributed by atoms with Crippen LogP contribution in [0.3, 0.4) is 0 Å². The summed E-state index contributed by atoms with van der Waals surface area (Å²) in [7, 11) is 0. The van der Waals surface area contributed by atoms with Crippen molar-refractivity contribution in [3.63, 3.8) is 0 Å². The lowest BCUT2D eigenvalue weighted by Crippen LogP contribution is -2.45. The van der Waals surface area contributed by atoms with Crippen molar-refractivity contribution in [2.75, 3.05) is 13.1 Å². The van der Waals surface area contributed by atoms with Crippen LogP contribution in [0.1, 0.15) is 30.0 Å². The smallest absolute Gasteiger partial charge is 0.341 e. The molecule has 1 aromatic rings. The Morgan fingerprint density at radius 3 is 2.24 bits per heavy atom. The number of hydrogen-bond donors (Lipinski definition) is 1. The molecule has 3 nitrogen and oxygen atoms in total. The molecular weight excluding hydrogens is 281 g/mol. The van der Waals surface area contributed by atoms with E-state index in [1.165, 1.54) is 4.90 Å². The molecule has 0 saturated carbocycles. The predicted molar refractivity (Wildman–Crippen MR) is 73.5 cm³/mol. The molecule has 2 rings (SSSR count). The Labute approximate surface area is 121 Å². The first-order valence-corrected chi connectivity index (χ1v) is 6.96. The van der Waals surface area contributed by atoms with Gasteiger partial charge in [0.15, 0.2) is 0 Å². The lowest BCUT2D eigenvalue weighted by molar-refractivity contribution is -0.186. The van der Waals surface area contributed by atoms with Crippen LogP contribution in [-0.2, 0) is 4.79 Å². The van der Waals surface area contributed by atoms with Gasteiger partial charge in [-0.05, 0) is 25.3 Å². The van der Waals surface area contributed by atoms with Crippen LogP contribution >= 0.6 is 0 Å². The maximum atomic E-state index is 12.6. The number of benzene rings is 1. The number of hydrogen-bond acceptors (Lipinski definition) is 2. The molecule has 0 aliphatic carbocycles. The minimum atomic E-state index is -4.17. The number of nitrogens with zero attached hydrogens (tertiary/aromatic N) is 1. The molecule has 1 aliphatic rings. The molecule has 0 bridgehead atoms. The van der Waals surface area contributed by atoms with E-state index in [4.69, 9.17) is 5.73 Å². The second-order valence-electron chi connectivity index (χ2n) is 5.53. The molecule has 0 aromatic heterocycles. The SMILES string of the molecule is Cc1ccc(C(N)C(=O)N2CCC(C(F)(F)F)CC2)cc1. The van der Waals surface area contributed by atoms with Gasteiger partial charge in [0.2, 0.25) is 5.91 Å². The molecule has 0 radical (unpaired) electrons. The summed E-state index contributed by atoms with van der Waals surface area (Å²) in [4.78, 5) is 13.7. The van der Waals surface area contributed by atoms with Gasteiger partial charge in [0.05, 0.1) is 5.92 Å². The third-order valence-corrected chi connectivity index (χ3v) is 3.97. The van der Waals surface area contributed by atoms with E-state index in [2.05, 4.69) is 0 Å². The van der Waals surface area contributed by atoms with Crippen LogP contribution in [0.4, 0.5) is 13.2 Å². The van der Waals surface area contributed by atoms with Crippen molar-refractivity contribution in [2.45, 2.75) is 32.0 Å². The molecule has 1 aromatic carbocycles. The second kappa shape index (κ2) is 6.05. The highest BCUT2D eigenvalue weighted by Gasteiger charge is 2.42. The largest absolute Gasteiger partial charge is 0.391 e. The van der Waals surface area contributed by atoms with Crippen molar-refractivity contribution in [3.8, 4) is 0 Å². The zero-order valence-electron chi connectivity index (χ0n) is 11.9. The molecule has 1 heterocycles. The fourth-order valence-corrected chi connectivity index (χ4v) is 2.54. The molecule has 1 aliphatic heterocycles. The molecule has 0 spiro atoms. The van der Waals surface area contributed by atoms with Gasteiger partial charge < -0.3 is 10.6 Å². The number of amides is 1. The number of halogens is 3. The topological polar surface area (TPSA) is 46.3 Å². The first-order chi connectivity index (χ1) is 9.79. The minimum Gasteiger partial charge on any atom is -0.341 e. The molecule has 1 saturated heterocycles. The van der Waals surface area contributed by atoms with Gasteiger partial charge in [0, 0.05) is 13.1 Å². The van der Waals surface area contributed by atoms with E-state index in [-0.39, 0.29) is 31.8 Å². The van der Waals surface area contributed by atoms with Crippen LogP contribution in [0.15, 0.2) is 24.3 Å². The summed E-state index contributed by atoms with van der Waals surface area (Å²) in [5.74, 6) is -1.61. The Kier molecular flexibility index (Phi) is 4.56. The molecule has 1 amide bonds. The van der Waals surface area contributed by atoms with Crippen molar-refractivity contribution in [3.05, 3.63) is 35.4 Å². The van der Waals surface area contributed by atoms with Gasteiger partial charge in [-0.3, -0.25) is 4.79 Å². The van der Waals surface area contributed by atoms with E-state index < -0.39 is 18.1 Å². The molecule has 1 fully saturated rings. The van der Waals surface area contributed by atoms with E-state index in [0.717, 1.165) is 5.56 Å². The molecule has 21 heavy (non-hydrogen) atoms. The van der Waals surface area contributed by atoms with E-state index in [9.17, 15) is 18.0 Å². The first-order valence-electron chi connectivity index (χ1n) is 6.96. The molecule has 1 atom stereocenters. The summed E-state index contributed by atoms with van der Waals surface area (Å²) in [6.07, 6.45) is -4.26. The summed E-state index contributed by atoms with van der Waals surface area (Å²) < 4.78 is 37.8. The fourth-order valence-electron chi connectivity index (χ4n) is 2.54. The van der Waals surface area contributed by atoms with Crippen LogP contribution in [-0.4, -0.2) is 30.1 Å². The highest BCUT2D eigenvalue weighted by molar-refractivity contribution is 5.83. The van der Waals surface area contributed by atoms with Gasteiger partial charge in [-0.15, -0.1) is 0 Å². The van der Waals surface area contributed by atoms with Crippen LogP contribution in [0, 0.1) is 12.8 Å². The Morgan fingerprint density at radius 1 is 1.24 bits per heavy atom. The van der Waals surface area contributed by atoms with Gasteiger partial charge in [0.1, 0.15) is 6.04 Å². The third kappa shape index (κ3) is 3.75. The van der Waals surface area contributed by atoms with Gasteiger partial charge >= 0.3 is 6.18 Å². The zero-order valence-corrected chi connectivity index (χ0v) is 11.9. The highest BCUT2D eigenvalue weighted by Crippen LogP contribution is 2.34. The molecule has 116 valence electrons. The average Bonchev–Trinajstić information content (AvgIpc) is 2.46. The Hall–Kier alpha value is -1.56. The lowest BCUT2D eigenvalue weighted by atomic mass is 9.95. The normalized spacial score (nSPS) is 18.6. The van der Waals surface area contributed by atoms with E-state index in [0.29, 0.717) is 5.56 Å². The minimum absolute atomic E-state index is 0.0458. The van der Waals surface area contributed by atoms with Crippen LogP contribution in [0.5, 0.6) is 0 Å². The van der Waals surface area contributed by atoms with Crippen molar-refractivity contribution >= 4 is 5.91 Å². The number of nitrogens with two attached hydrogens (primary N) is 1. The van der Waals surface area contributed by atoms with E-state index in [1.54, 1.807) is 12.1 Å². The fraction of sp³-hybridized carbons (Fsp3) is 0.533. The maximum Gasteiger partial charge on any atom is 0.391 e. The maximum absolute atomic E-state index is 12.6. The Morgan fingerprint density at radius 2 is 1.76 bits per heavy atom. The van der Waals surface area contributed by atoms with Crippen molar-refractivity contribution < 1.29 is 18.0 Å². The van der Waals surface area contributed by atoms with Crippen molar-refractivity contribution in [1.29, 1.82) is 0 Å². The van der Waals surface area contributed by atoms with Gasteiger partial charge in [-0.1, -0.05) is 29.8 Å². The quantitative estimate of drug-likeness (QED) is 0.913. The number of alkyl halides is 3. The summed E-state index contributed by atoms with van der Waals surface area (Å²) in [5.41, 5.74) is 7.67. The Balaban J connectivity index is 1.97. The number of likely N-dealkylation sites (tertiary alicyclic amines) is 1. The summed E-state index contributed by atoms with van der Waals surface area (Å²) >= 11 is 0. The molecule has 2 N–H and O–H groups in total. The summed E-state index contributed by atoms with van der Waals surface area (Å²) in [6.45, 7) is 2.16. The lowest BCUT2D eigenvalue weighted by Gasteiger charge is -2.34. The van der Waals surface area contributed by atoms with Gasteiger partial charge in [-0.25, -0.2) is 0 Å². The van der Waals surface area contributed by atoms with E-state index in [1.807, 2.05) is 19.1 Å². The number of rotatable bonds is 2. The monoisotopic (exact) mass is 300 g/mol. The standard InChI is InChI=1S/C15H19F3N2O/c1-10-2-4-11(5-3-10)13(19)14(21)20-8-6-12(7-9-20)15(16,17)18/h2-5,12-13H,6-9,19H2,1H3. The summed E-state index contributed by atoms with van der Waals surface area (Å²) in [6, 6.07) is 6.46. The molecule has 6 heteroatoms. The average molecular weight is 300 g/mol. The summed E-state index contributed by atoms with van der Waals surface area (Å²) in [5, 5.41) is 0. The van der Waals surface area contributed by atoms with E-state index >= 15 is 0 Å². The van der Waals surface area contributed by atoms with Gasteiger partial charge in [-0.2, -0.15) is 13.2 Å².